The van der Waals surface area contributed by atoms with Gasteiger partial charge in [-0.25, -0.2) is 9.67 Å². The topological polar surface area (TPSA) is 70.6 Å². The van der Waals surface area contributed by atoms with Gasteiger partial charge in [0.15, 0.2) is 0 Å². The van der Waals surface area contributed by atoms with E-state index in [2.05, 4.69) is 26.0 Å². The number of anilines is 1. The van der Waals surface area contributed by atoms with Crippen LogP contribution in [-0.4, -0.2) is 32.8 Å². The molecule has 108 valence electrons. The molecule has 6 heteroatoms. The van der Waals surface area contributed by atoms with Gasteiger partial charge in [0.05, 0.1) is 22.8 Å². The number of fused-ring (bicyclic) bond motifs is 1. The largest absolute Gasteiger partial charge is 0.368 e. The summed E-state index contributed by atoms with van der Waals surface area (Å²) >= 11 is 0. The highest BCUT2D eigenvalue weighted by atomic mass is 15.4. The average molecular weight is 290 g/mol. The summed E-state index contributed by atoms with van der Waals surface area (Å²) in [5.41, 5.74) is 2.52. The van der Waals surface area contributed by atoms with Crippen molar-refractivity contribution in [1.29, 1.82) is 5.26 Å². The maximum absolute atomic E-state index is 9.44. The van der Waals surface area contributed by atoms with E-state index in [1.807, 2.05) is 28.9 Å². The first-order chi connectivity index (χ1) is 10.9. The molecule has 0 N–H and O–H groups in total. The predicted octanol–water partition coefficient (Wildman–Crippen LogP) is 2.15. The molecule has 0 saturated carbocycles. The Kier molecular flexibility index (Phi) is 2.97. The Hall–Kier alpha value is -2.94. The van der Waals surface area contributed by atoms with Gasteiger partial charge in [-0.2, -0.15) is 10.4 Å². The summed E-state index contributed by atoms with van der Waals surface area (Å²) in [6.07, 6.45) is 5.97. The fourth-order valence-corrected chi connectivity index (χ4v) is 3.12. The molecule has 1 fully saturated rings. The molecule has 0 aliphatic carbocycles. The van der Waals surface area contributed by atoms with Gasteiger partial charge in [-0.05, 0) is 12.5 Å². The van der Waals surface area contributed by atoms with Crippen LogP contribution in [0.15, 0.2) is 43.1 Å². The minimum atomic E-state index is 0.293. The maximum atomic E-state index is 9.44. The Bertz CT molecular complexity index is 849. The van der Waals surface area contributed by atoms with Crippen LogP contribution in [0.5, 0.6) is 0 Å². The van der Waals surface area contributed by atoms with Crippen LogP contribution in [0.2, 0.25) is 0 Å². The highest BCUT2D eigenvalue weighted by Crippen LogP contribution is 2.34. The molecule has 1 atom stereocenters. The van der Waals surface area contributed by atoms with Crippen LogP contribution in [0.3, 0.4) is 0 Å². The van der Waals surface area contributed by atoms with E-state index in [9.17, 15) is 5.26 Å². The number of pyridine rings is 1. The van der Waals surface area contributed by atoms with Crippen molar-refractivity contribution in [1.82, 2.24) is 19.7 Å². The number of hydrogen-bond donors (Lipinski definition) is 0. The molecule has 0 spiro atoms. The number of para-hydroxylation sites is 1. The van der Waals surface area contributed by atoms with Gasteiger partial charge >= 0.3 is 0 Å². The second-order valence-electron chi connectivity index (χ2n) is 5.41. The molecule has 1 aromatic carbocycles. The van der Waals surface area contributed by atoms with Gasteiger partial charge in [-0.1, -0.05) is 18.2 Å². The van der Waals surface area contributed by atoms with Crippen LogP contribution in [0.25, 0.3) is 10.9 Å². The van der Waals surface area contributed by atoms with Gasteiger partial charge in [0.25, 0.3) is 0 Å². The lowest BCUT2D eigenvalue weighted by atomic mass is 10.1. The molecular formula is C16H14N6. The number of nitrogens with zero attached hydrogens (tertiary/aromatic N) is 6. The van der Waals surface area contributed by atoms with Crippen LogP contribution < -0.4 is 4.90 Å². The molecule has 0 radical (unpaired) electrons. The monoisotopic (exact) mass is 290 g/mol. The van der Waals surface area contributed by atoms with Crippen molar-refractivity contribution >= 4 is 16.6 Å². The Morgan fingerprint density at radius 2 is 2.18 bits per heavy atom. The Labute approximate surface area is 127 Å². The van der Waals surface area contributed by atoms with Gasteiger partial charge < -0.3 is 4.90 Å². The quantitative estimate of drug-likeness (QED) is 0.723. The third-order valence-electron chi connectivity index (χ3n) is 4.16. The molecule has 1 unspecified atom stereocenters. The molecule has 3 aromatic rings. The van der Waals surface area contributed by atoms with Gasteiger partial charge in [-0.15, -0.1) is 0 Å². The fourth-order valence-electron chi connectivity index (χ4n) is 3.12. The molecule has 4 rings (SSSR count). The minimum Gasteiger partial charge on any atom is -0.368 e. The molecule has 0 amide bonds. The highest BCUT2D eigenvalue weighted by Gasteiger charge is 2.27. The van der Waals surface area contributed by atoms with E-state index in [4.69, 9.17) is 0 Å². The second-order valence-corrected chi connectivity index (χ2v) is 5.41. The summed E-state index contributed by atoms with van der Waals surface area (Å²) in [6.45, 7) is 1.72. The van der Waals surface area contributed by atoms with Crippen LogP contribution in [0.1, 0.15) is 18.0 Å². The van der Waals surface area contributed by atoms with Crippen LogP contribution >= 0.6 is 0 Å². The third kappa shape index (κ3) is 1.99. The number of aromatic nitrogens is 4. The second kappa shape index (κ2) is 5.11. The lowest BCUT2D eigenvalue weighted by Gasteiger charge is -2.21. The van der Waals surface area contributed by atoms with E-state index in [-0.39, 0.29) is 0 Å². The van der Waals surface area contributed by atoms with Crippen LogP contribution in [-0.2, 0) is 0 Å². The summed E-state index contributed by atoms with van der Waals surface area (Å²) in [6, 6.07) is 10.5. The Balaban J connectivity index is 1.77. The SMILES string of the molecule is N#Cc1cnc2ccccc2c1N1CCC(n2cncn2)C1. The van der Waals surface area contributed by atoms with E-state index < -0.39 is 0 Å². The van der Waals surface area contributed by atoms with Crippen molar-refractivity contribution in [2.45, 2.75) is 12.5 Å². The summed E-state index contributed by atoms with van der Waals surface area (Å²) in [7, 11) is 0. The molecule has 6 nitrogen and oxygen atoms in total. The van der Waals surface area contributed by atoms with Crippen molar-refractivity contribution < 1.29 is 0 Å². The zero-order valence-corrected chi connectivity index (χ0v) is 11.9. The van der Waals surface area contributed by atoms with Gasteiger partial charge in [0.1, 0.15) is 18.7 Å². The molecule has 1 aliphatic heterocycles. The molecule has 1 aliphatic rings. The summed E-state index contributed by atoms with van der Waals surface area (Å²) in [5, 5.41) is 14.7. The summed E-state index contributed by atoms with van der Waals surface area (Å²) in [5.74, 6) is 0. The number of hydrogen-bond acceptors (Lipinski definition) is 5. The van der Waals surface area contributed by atoms with Crippen molar-refractivity contribution in [2.24, 2.45) is 0 Å². The Morgan fingerprint density at radius 3 is 3.00 bits per heavy atom. The van der Waals surface area contributed by atoms with E-state index in [1.54, 1.807) is 18.9 Å². The van der Waals surface area contributed by atoms with Gasteiger partial charge in [0, 0.05) is 24.7 Å². The van der Waals surface area contributed by atoms with E-state index in [0.29, 0.717) is 11.6 Å². The number of benzene rings is 1. The highest BCUT2D eigenvalue weighted by molar-refractivity contribution is 5.94. The zero-order valence-electron chi connectivity index (χ0n) is 11.9. The van der Waals surface area contributed by atoms with Crippen molar-refractivity contribution in [3.63, 3.8) is 0 Å². The van der Waals surface area contributed by atoms with Crippen LogP contribution in [0.4, 0.5) is 5.69 Å². The molecule has 0 bridgehead atoms. The maximum Gasteiger partial charge on any atom is 0.137 e. The van der Waals surface area contributed by atoms with Crippen molar-refractivity contribution in [3.05, 3.63) is 48.7 Å². The lowest BCUT2D eigenvalue weighted by molar-refractivity contribution is 0.493. The predicted molar refractivity (Wildman–Crippen MR) is 82.3 cm³/mol. The van der Waals surface area contributed by atoms with Crippen molar-refractivity contribution in [2.75, 3.05) is 18.0 Å². The van der Waals surface area contributed by atoms with Gasteiger partial charge in [-0.3, -0.25) is 4.98 Å². The fraction of sp³-hybridized carbons (Fsp3) is 0.250. The molecule has 1 saturated heterocycles. The lowest BCUT2D eigenvalue weighted by Crippen LogP contribution is -2.22. The average Bonchev–Trinajstić information content (AvgIpc) is 3.24. The first-order valence-corrected chi connectivity index (χ1v) is 7.23. The first-order valence-electron chi connectivity index (χ1n) is 7.23. The first kappa shape index (κ1) is 12.8. The standard InChI is InChI=1S/C16H14N6/c17-7-12-8-19-15-4-2-1-3-14(15)16(12)21-6-5-13(9-21)22-11-18-10-20-22/h1-4,8,10-11,13H,5-6,9H2. The number of nitriles is 1. The van der Waals surface area contributed by atoms with E-state index in [1.165, 1.54) is 0 Å². The van der Waals surface area contributed by atoms with E-state index >= 15 is 0 Å². The molecular weight excluding hydrogens is 276 g/mol. The summed E-state index contributed by atoms with van der Waals surface area (Å²) in [4.78, 5) is 10.7. The Morgan fingerprint density at radius 1 is 1.27 bits per heavy atom. The van der Waals surface area contributed by atoms with Crippen molar-refractivity contribution in [3.8, 4) is 6.07 Å². The minimum absolute atomic E-state index is 0.293. The summed E-state index contributed by atoms with van der Waals surface area (Å²) < 4.78 is 1.90. The zero-order chi connectivity index (χ0) is 14.9. The third-order valence-corrected chi connectivity index (χ3v) is 4.16. The smallest absolute Gasteiger partial charge is 0.137 e. The number of rotatable bonds is 2. The van der Waals surface area contributed by atoms with Gasteiger partial charge in [0.2, 0.25) is 0 Å². The molecule has 3 heterocycles. The molecule has 2 aromatic heterocycles. The molecule has 22 heavy (non-hydrogen) atoms. The van der Waals surface area contributed by atoms with E-state index in [0.717, 1.165) is 36.1 Å². The normalized spacial score (nSPS) is 17.8. The van der Waals surface area contributed by atoms with Crippen LogP contribution in [0, 0.1) is 11.3 Å².